The molecule has 1 N–H and O–H groups in total. The first-order chi connectivity index (χ1) is 12.3. The third-order valence-electron chi connectivity index (χ3n) is 4.46. The standard InChI is InChI=1S/C21H22N4/c1-16-8-7-11-18(14-16)22-20-15-19(17-9-3-2-4-10-17)23-21(24-20)25-12-5-6-13-25/h2-4,7-11,14-15H,5-6,12-13H2,1H3,(H,22,23,24). The molecule has 0 aliphatic carbocycles. The number of aryl methyl sites for hydroxylation is 1. The van der Waals surface area contributed by atoms with Crippen LogP contribution in [0.25, 0.3) is 11.3 Å². The summed E-state index contributed by atoms with van der Waals surface area (Å²) in [5, 5.41) is 3.44. The van der Waals surface area contributed by atoms with E-state index in [1.54, 1.807) is 0 Å². The molecule has 1 aromatic heterocycles. The maximum atomic E-state index is 4.82. The summed E-state index contributed by atoms with van der Waals surface area (Å²) in [6.07, 6.45) is 2.42. The minimum atomic E-state index is 0.814. The average Bonchev–Trinajstić information content (AvgIpc) is 3.17. The van der Waals surface area contributed by atoms with Crippen molar-refractivity contribution in [2.75, 3.05) is 23.3 Å². The maximum Gasteiger partial charge on any atom is 0.227 e. The van der Waals surface area contributed by atoms with Gasteiger partial charge in [0.25, 0.3) is 0 Å². The summed E-state index contributed by atoms with van der Waals surface area (Å²) in [6, 6.07) is 20.6. The monoisotopic (exact) mass is 330 g/mol. The lowest BCUT2D eigenvalue weighted by molar-refractivity contribution is 0.902. The van der Waals surface area contributed by atoms with E-state index in [4.69, 9.17) is 9.97 Å². The van der Waals surface area contributed by atoms with Gasteiger partial charge in [-0.05, 0) is 37.5 Å². The maximum absolute atomic E-state index is 4.82. The second-order valence-electron chi connectivity index (χ2n) is 6.49. The molecule has 1 aliphatic rings. The van der Waals surface area contributed by atoms with Crippen molar-refractivity contribution in [3.8, 4) is 11.3 Å². The van der Waals surface area contributed by atoms with E-state index in [-0.39, 0.29) is 0 Å². The van der Waals surface area contributed by atoms with Crippen LogP contribution in [0.3, 0.4) is 0 Å². The molecule has 4 heteroatoms. The normalized spacial score (nSPS) is 13.9. The second kappa shape index (κ2) is 6.93. The molecule has 3 aromatic rings. The van der Waals surface area contributed by atoms with Crippen LogP contribution in [-0.2, 0) is 0 Å². The molecule has 2 heterocycles. The molecule has 1 aliphatic heterocycles. The fourth-order valence-corrected chi connectivity index (χ4v) is 3.18. The molecule has 0 saturated carbocycles. The molecule has 126 valence electrons. The predicted octanol–water partition coefficient (Wildman–Crippen LogP) is 4.80. The highest BCUT2D eigenvalue weighted by atomic mass is 15.3. The number of aromatic nitrogens is 2. The number of rotatable bonds is 4. The zero-order valence-electron chi connectivity index (χ0n) is 14.4. The van der Waals surface area contributed by atoms with Gasteiger partial charge in [-0.15, -0.1) is 0 Å². The molecule has 0 radical (unpaired) electrons. The van der Waals surface area contributed by atoms with Crippen LogP contribution in [0.2, 0.25) is 0 Å². The van der Waals surface area contributed by atoms with Gasteiger partial charge in [0.2, 0.25) is 5.95 Å². The Hall–Kier alpha value is -2.88. The summed E-state index contributed by atoms with van der Waals surface area (Å²) in [6.45, 7) is 4.15. The molecule has 25 heavy (non-hydrogen) atoms. The van der Waals surface area contributed by atoms with Crippen molar-refractivity contribution in [2.45, 2.75) is 19.8 Å². The third-order valence-corrected chi connectivity index (χ3v) is 4.46. The first-order valence-corrected chi connectivity index (χ1v) is 8.81. The largest absolute Gasteiger partial charge is 0.341 e. The van der Waals surface area contributed by atoms with Crippen LogP contribution in [0, 0.1) is 6.92 Å². The summed E-state index contributed by atoms with van der Waals surface area (Å²) >= 11 is 0. The molecule has 0 spiro atoms. The summed E-state index contributed by atoms with van der Waals surface area (Å²) in [5.41, 5.74) is 4.33. The van der Waals surface area contributed by atoms with Crippen molar-refractivity contribution in [3.63, 3.8) is 0 Å². The zero-order chi connectivity index (χ0) is 17.1. The van der Waals surface area contributed by atoms with Gasteiger partial charge in [0, 0.05) is 30.4 Å². The molecule has 4 nitrogen and oxygen atoms in total. The Morgan fingerprint density at radius 2 is 1.68 bits per heavy atom. The van der Waals surface area contributed by atoms with Gasteiger partial charge in [-0.25, -0.2) is 4.98 Å². The van der Waals surface area contributed by atoms with Crippen molar-refractivity contribution in [1.82, 2.24) is 9.97 Å². The number of benzene rings is 2. The molecule has 1 saturated heterocycles. The smallest absolute Gasteiger partial charge is 0.227 e. The Labute approximate surface area is 148 Å². The Balaban J connectivity index is 1.73. The molecule has 2 aromatic carbocycles. The van der Waals surface area contributed by atoms with Crippen LogP contribution >= 0.6 is 0 Å². The number of nitrogens with one attached hydrogen (secondary N) is 1. The minimum absolute atomic E-state index is 0.814. The van der Waals surface area contributed by atoms with Crippen molar-refractivity contribution in [2.24, 2.45) is 0 Å². The average molecular weight is 330 g/mol. The van der Waals surface area contributed by atoms with Crippen molar-refractivity contribution in [3.05, 3.63) is 66.2 Å². The lowest BCUT2D eigenvalue weighted by atomic mass is 10.1. The molecule has 0 unspecified atom stereocenters. The summed E-state index contributed by atoms with van der Waals surface area (Å²) in [5.74, 6) is 1.65. The molecule has 0 amide bonds. The fraction of sp³-hybridized carbons (Fsp3) is 0.238. The van der Waals surface area contributed by atoms with Gasteiger partial charge >= 0.3 is 0 Å². The molecule has 1 fully saturated rings. The van der Waals surface area contributed by atoms with Crippen LogP contribution in [0.5, 0.6) is 0 Å². The first-order valence-electron chi connectivity index (χ1n) is 8.81. The van der Waals surface area contributed by atoms with Crippen molar-refractivity contribution in [1.29, 1.82) is 0 Å². The third kappa shape index (κ3) is 3.63. The van der Waals surface area contributed by atoms with Crippen molar-refractivity contribution >= 4 is 17.5 Å². The SMILES string of the molecule is Cc1cccc(Nc2cc(-c3ccccc3)nc(N3CCCC3)n2)c1. The quantitative estimate of drug-likeness (QED) is 0.746. The predicted molar refractivity (Wildman–Crippen MR) is 103 cm³/mol. The van der Waals surface area contributed by atoms with E-state index in [0.29, 0.717) is 0 Å². The second-order valence-corrected chi connectivity index (χ2v) is 6.49. The first kappa shape index (κ1) is 15.6. The highest BCUT2D eigenvalue weighted by Crippen LogP contribution is 2.26. The van der Waals surface area contributed by atoms with Crippen LogP contribution in [-0.4, -0.2) is 23.1 Å². The highest BCUT2D eigenvalue weighted by molar-refractivity contribution is 5.67. The van der Waals surface area contributed by atoms with Crippen LogP contribution in [0.4, 0.5) is 17.5 Å². The molecule has 0 atom stereocenters. The van der Waals surface area contributed by atoms with Gasteiger partial charge in [0.1, 0.15) is 5.82 Å². The van der Waals surface area contributed by atoms with E-state index >= 15 is 0 Å². The lowest BCUT2D eigenvalue weighted by Crippen LogP contribution is -2.21. The number of hydrogen-bond acceptors (Lipinski definition) is 4. The number of anilines is 3. The van der Waals surface area contributed by atoms with Crippen LogP contribution < -0.4 is 10.2 Å². The van der Waals surface area contributed by atoms with E-state index in [0.717, 1.165) is 41.8 Å². The lowest BCUT2D eigenvalue weighted by Gasteiger charge is -2.18. The zero-order valence-corrected chi connectivity index (χ0v) is 14.4. The van der Waals surface area contributed by atoms with Gasteiger partial charge in [0.15, 0.2) is 0 Å². The van der Waals surface area contributed by atoms with E-state index in [1.165, 1.54) is 18.4 Å². The Kier molecular flexibility index (Phi) is 4.34. The summed E-state index contributed by atoms with van der Waals surface area (Å²) in [4.78, 5) is 11.9. The number of hydrogen-bond donors (Lipinski definition) is 1. The van der Waals surface area contributed by atoms with Gasteiger partial charge < -0.3 is 10.2 Å². The molecule has 0 bridgehead atoms. The number of nitrogens with zero attached hydrogens (tertiary/aromatic N) is 3. The van der Waals surface area contributed by atoms with E-state index in [2.05, 4.69) is 53.5 Å². The van der Waals surface area contributed by atoms with Gasteiger partial charge in [-0.3, -0.25) is 0 Å². The van der Waals surface area contributed by atoms with Gasteiger partial charge in [0.05, 0.1) is 5.69 Å². The van der Waals surface area contributed by atoms with Crippen molar-refractivity contribution < 1.29 is 0 Å². The fourth-order valence-electron chi connectivity index (χ4n) is 3.18. The Morgan fingerprint density at radius 1 is 0.880 bits per heavy atom. The van der Waals surface area contributed by atoms with E-state index < -0.39 is 0 Å². The minimum Gasteiger partial charge on any atom is -0.341 e. The summed E-state index contributed by atoms with van der Waals surface area (Å²) in [7, 11) is 0. The van der Waals surface area contributed by atoms with Gasteiger partial charge in [-0.2, -0.15) is 4.98 Å². The topological polar surface area (TPSA) is 41.1 Å². The van der Waals surface area contributed by atoms with Gasteiger partial charge in [-0.1, -0.05) is 42.5 Å². The molecular formula is C21H22N4. The molecule has 4 rings (SSSR count). The van der Waals surface area contributed by atoms with Crippen LogP contribution in [0.1, 0.15) is 18.4 Å². The summed E-state index contributed by atoms with van der Waals surface area (Å²) < 4.78 is 0. The highest BCUT2D eigenvalue weighted by Gasteiger charge is 2.17. The van der Waals surface area contributed by atoms with E-state index in [9.17, 15) is 0 Å². The Bertz CT molecular complexity index is 855. The Morgan fingerprint density at radius 3 is 2.44 bits per heavy atom. The van der Waals surface area contributed by atoms with Crippen LogP contribution in [0.15, 0.2) is 60.7 Å². The van der Waals surface area contributed by atoms with E-state index in [1.807, 2.05) is 24.3 Å². The molecular weight excluding hydrogens is 308 g/mol.